The SMILES string of the molecule is O=C(O)C1COCCN1C1CCOc2ccccc21. The first kappa shape index (κ1) is 12.4. The number of fused-ring (bicyclic) bond motifs is 1. The molecule has 5 nitrogen and oxygen atoms in total. The van der Waals surface area contributed by atoms with Gasteiger partial charge in [0, 0.05) is 24.6 Å². The number of benzene rings is 1. The van der Waals surface area contributed by atoms with E-state index in [4.69, 9.17) is 9.47 Å². The van der Waals surface area contributed by atoms with Crippen LogP contribution in [-0.2, 0) is 9.53 Å². The van der Waals surface area contributed by atoms with E-state index in [2.05, 4.69) is 0 Å². The topological polar surface area (TPSA) is 59.0 Å². The van der Waals surface area contributed by atoms with E-state index in [1.54, 1.807) is 0 Å². The molecule has 19 heavy (non-hydrogen) atoms. The lowest BCUT2D eigenvalue weighted by molar-refractivity contribution is -0.152. The summed E-state index contributed by atoms with van der Waals surface area (Å²) in [6.07, 6.45) is 0.820. The van der Waals surface area contributed by atoms with Crippen LogP contribution in [0.15, 0.2) is 24.3 Å². The number of ether oxygens (including phenoxy) is 2. The number of carbonyl (C=O) groups is 1. The molecule has 0 aliphatic carbocycles. The highest BCUT2D eigenvalue weighted by Crippen LogP contribution is 2.37. The smallest absolute Gasteiger partial charge is 0.323 e. The Hall–Kier alpha value is -1.59. The molecule has 1 saturated heterocycles. The molecular weight excluding hydrogens is 246 g/mol. The van der Waals surface area contributed by atoms with Gasteiger partial charge in [0.25, 0.3) is 0 Å². The standard InChI is InChI=1S/C14H17NO4/c16-14(17)12-9-18-8-6-15(12)11-5-7-19-13-4-2-1-3-10(11)13/h1-4,11-12H,5-9H2,(H,16,17). The molecule has 0 aromatic heterocycles. The normalized spacial score (nSPS) is 27.4. The first-order valence-corrected chi connectivity index (χ1v) is 6.55. The monoisotopic (exact) mass is 263 g/mol. The fourth-order valence-corrected chi connectivity index (χ4v) is 2.87. The van der Waals surface area contributed by atoms with Crippen molar-refractivity contribution in [3.8, 4) is 5.75 Å². The quantitative estimate of drug-likeness (QED) is 0.871. The van der Waals surface area contributed by atoms with E-state index >= 15 is 0 Å². The van der Waals surface area contributed by atoms with Crippen LogP contribution in [0.4, 0.5) is 0 Å². The first-order chi connectivity index (χ1) is 9.27. The van der Waals surface area contributed by atoms with Crippen LogP contribution in [0, 0.1) is 0 Å². The van der Waals surface area contributed by atoms with Gasteiger partial charge in [-0.15, -0.1) is 0 Å². The Labute approximate surface area is 111 Å². The third-order valence-electron chi connectivity index (χ3n) is 3.78. The van der Waals surface area contributed by atoms with Crippen LogP contribution < -0.4 is 4.74 Å². The third kappa shape index (κ3) is 2.31. The van der Waals surface area contributed by atoms with Crippen molar-refractivity contribution in [3.05, 3.63) is 29.8 Å². The summed E-state index contributed by atoms with van der Waals surface area (Å²) < 4.78 is 10.9. The molecule has 2 unspecified atom stereocenters. The molecule has 1 aromatic rings. The maximum absolute atomic E-state index is 11.4. The summed E-state index contributed by atoms with van der Waals surface area (Å²) >= 11 is 0. The van der Waals surface area contributed by atoms with Crippen LogP contribution >= 0.6 is 0 Å². The van der Waals surface area contributed by atoms with E-state index in [-0.39, 0.29) is 12.6 Å². The van der Waals surface area contributed by atoms with Gasteiger partial charge in [-0.2, -0.15) is 0 Å². The lowest BCUT2D eigenvalue weighted by Crippen LogP contribution is -2.52. The Kier molecular flexibility index (Phi) is 3.40. The molecule has 0 bridgehead atoms. The second-order valence-corrected chi connectivity index (χ2v) is 4.86. The van der Waals surface area contributed by atoms with Gasteiger partial charge in [-0.05, 0) is 6.07 Å². The van der Waals surface area contributed by atoms with Crippen molar-refractivity contribution in [1.29, 1.82) is 0 Å². The minimum absolute atomic E-state index is 0.106. The molecule has 5 heteroatoms. The maximum atomic E-state index is 11.4. The van der Waals surface area contributed by atoms with Gasteiger partial charge in [0.15, 0.2) is 0 Å². The highest BCUT2D eigenvalue weighted by atomic mass is 16.5. The lowest BCUT2D eigenvalue weighted by Gasteiger charge is -2.41. The average molecular weight is 263 g/mol. The summed E-state index contributed by atoms with van der Waals surface area (Å²) in [4.78, 5) is 13.4. The van der Waals surface area contributed by atoms with Crippen molar-refractivity contribution in [2.45, 2.75) is 18.5 Å². The molecule has 2 heterocycles. The van der Waals surface area contributed by atoms with Gasteiger partial charge in [0.1, 0.15) is 11.8 Å². The second-order valence-electron chi connectivity index (χ2n) is 4.86. The van der Waals surface area contributed by atoms with Gasteiger partial charge in [0.2, 0.25) is 0 Å². The molecule has 1 N–H and O–H groups in total. The molecule has 0 radical (unpaired) electrons. The Morgan fingerprint density at radius 3 is 3.00 bits per heavy atom. The number of para-hydroxylation sites is 1. The minimum atomic E-state index is -0.816. The number of rotatable bonds is 2. The minimum Gasteiger partial charge on any atom is -0.493 e. The summed E-state index contributed by atoms with van der Waals surface area (Å²) in [5, 5.41) is 9.33. The van der Waals surface area contributed by atoms with Gasteiger partial charge in [0.05, 0.1) is 19.8 Å². The molecule has 0 amide bonds. The average Bonchev–Trinajstić information content (AvgIpc) is 2.46. The second kappa shape index (κ2) is 5.19. The van der Waals surface area contributed by atoms with Crippen molar-refractivity contribution in [3.63, 3.8) is 0 Å². The van der Waals surface area contributed by atoms with Crippen LogP contribution in [0.25, 0.3) is 0 Å². The summed E-state index contributed by atoms with van der Waals surface area (Å²) in [6.45, 7) is 2.12. The van der Waals surface area contributed by atoms with E-state index in [9.17, 15) is 9.90 Å². The fraction of sp³-hybridized carbons (Fsp3) is 0.500. The van der Waals surface area contributed by atoms with Crippen molar-refractivity contribution in [2.75, 3.05) is 26.4 Å². The Morgan fingerprint density at radius 1 is 1.32 bits per heavy atom. The molecule has 2 aliphatic rings. The van der Waals surface area contributed by atoms with Crippen LogP contribution in [0.5, 0.6) is 5.75 Å². The van der Waals surface area contributed by atoms with Gasteiger partial charge >= 0.3 is 5.97 Å². The van der Waals surface area contributed by atoms with Gasteiger partial charge < -0.3 is 14.6 Å². The Morgan fingerprint density at radius 2 is 2.16 bits per heavy atom. The maximum Gasteiger partial charge on any atom is 0.323 e. The summed E-state index contributed by atoms with van der Waals surface area (Å²) in [5.41, 5.74) is 1.09. The third-order valence-corrected chi connectivity index (χ3v) is 3.78. The number of hydrogen-bond donors (Lipinski definition) is 1. The lowest BCUT2D eigenvalue weighted by atomic mass is 9.97. The Bertz CT molecular complexity index is 476. The van der Waals surface area contributed by atoms with Crippen LogP contribution in [0.3, 0.4) is 0 Å². The van der Waals surface area contributed by atoms with E-state index in [1.165, 1.54) is 0 Å². The number of carboxylic acid groups (broad SMARTS) is 1. The van der Waals surface area contributed by atoms with E-state index in [0.717, 1.165) is 17.7 Å². The number of carboxylic acids is 1. The highest BCUT2D eigenvalue weighted by molar-refractivity contribution is 5.74. The number of morpholine rings is 1. The highest BCUT2D eigenvalue weighted by Gasteiger charge is 2.37. The zero-order chi connectivity index (χ0) is 13.2. The number of aliphatic carboxylic acids is 1. The van der Waals surface area contributed by atoms with Crippen molar-refractivity contribution in [2.24, 2.45) is 0 Å². The van der Waals surface area contributed by atoms with Crippen molar-refractivity contribution < 1.29 is 19.4 Å². The van der Waals surface area contributed by atoms with Crippen LogP contribution in [0.1, 0.15) is 18.0 Å². The van der Waals surface area contributed by atoms with Crippen molar-refractivity contribution >= 4 is 5.97 Å². The first-order valence-electron chi connectivity index (χ1n) is 6.55. The van der Waals surface area contributed by atoms with E-state index in [1.807, 2.05) is 29.2 Å². The molecule has 102 valence electrons. The fourth-order valence-electron chi connectivity index (χ4n) is 2.87. The summed E-state index contributed by atoms with van der Waals surface area (Å²) in [7, 11) is 0. The molecular formula is C14H17NO4. The molecule has 2 aliphatic heterocycles. The van der Waals surface area contributed by atoms with E-state index in [0.29, 0.717) is 19.8 Å². The number of hydrogen-bond acceptors (Lipinski definition) is 4. The van der Waals surface area contributed by atoms with Crippen LogP contribution in [-0.4, -0.2) is 48.4 Å². The zero-order valence-corrected chi connectivity index (χ0v) is 10.6. The predicted octanol–water partition coefficient (Wildman–Crippen LogP) is 1.30. The molecule has 0 saturated carbocycles. The Balaban J connectivity index is 1.91. The predicted molar refractivity (Wildman–Crippen MR) is 68.2 cm³/mol. The summed E-state index contributed by atoms with van der Waals surface area (Å²) in [5.74, 6) is 0.0538. The van der Waals surface area contributed by atoms with Gasteiger partial charge in [-0.1, -0.05) is 18.2 Å². The molecule has 1 fully saturated rings. The molecule has 1 aromatic carbocycles. The van der Waals surface area contributed by atoms with Gasteiger partial charge in [-0.3, -0.25) is 9.69 Å². The molecule has 2 atom stereocenters. The van der Waals surface area contributed by atoms with E-state index < -0.39 is 12.0 Å². The molecule has 3 rings (SSSR count). The number of nitrogens with zero attached hydrogens (tertiary/aromatic N) is 1. The van der Waals surface area contributed by atoms with Gasteiger partial charge in [-0.25, -0.2) is 0 Å². The zero-order valence-electron chi connectivity index (χ0n) is 10.6. The van der Waals surface area contributed by atoms with Crippen LogP contribution in [0.2, 0.25) is 0 Å². The largest absolute Gasteiger partial charge is 0.493 e. The molecule has 0 spiro atoms. The summed E-state index contributed by atoms with van der Waals surface area (Å²) in [6, 6.07) is 7.41. The van der Waals surface area contributed by atoms with Crippen molar-refractivity contribution in [1.82, 2.24) is 4.90 Å².